The van der Waals surface area contributed by atoms with E-state index in [-0.39, 0.29) is 5.82 Å². The lowest BCUT2D eigenvalue weighted by Crippen LogP contribution is -1.94. The number of rotatable bonds is 1. The largest absolute Gasteiger partial charge is 0.361 e. The molecule has 0 aliphatic carbocycles. The van der Waals surface area contributed by atoms with Crippen molar-refractivity contribution in [1.29, 1.82) is 0 Å². The van der Waals surface area contributed by atoms with Crippen LogP contribution in [0.2, 0.25) is 0 Å². The Bertz CT molecular complexity index is 450. The summed E-state index contributed by atoms with van der Waals surface area (Å²) in [6, 6.07) is 2.90. The first-order valence-corrected chi connectivity index (χ1v) is 4.66. The summed E-state index contributed by atoms with van der Waals surface area (Å²) in [6.07, 6.45) is 1.80. The smallest absolute Gasteiger partial charge is 0.126 e. The topological polar surface area (TPSA) is 41.8 Å². The summed E-state index contributed by atoms with van der Waals surface area (Å²) >= 11 is 3.30. The second kappa shape index (κ2) is 3.12. The summed E-state index contributed by atoms with van der Waals surface area (Å²) in [7, 11) is 0. The minimum atomic E-state index is -0.259. The third-order valence-electron chi connectivity index (χ3n) is 2.00. The van der Waals surface area contributed by atoms with Gasteiger partial charge in [0, 0.05) is 28.1 Å². The molecule has 4 heteroatoms. The van der Waals surface area contributed by atoms with Gasteiger partial charge in [-0.3, -0.25) is 0 Å². The lowest BCUT2D eigenvalue weighted by molar-refractivity contribution is 0.628. The average molecular weight is 243 g/mol. The summed E-state index contributed by atoms with van der Waals surface area (Å²) in [5.74, 6) is -0.259. The molecule has 2 rings (SSSR count). The van der Waals surface area contributed by atoms with Gasteiger partial charge < -0.3 is 10.7 Å². The molecule has 0 unspecified atom stereocenters. The highest BCUT2D eigenvalue weighted by Gasteiger charge is 2.07. The molecule has 0 saturated carbocycles. The van der Waals surface area contributed by atoms with Crippen LogP contribution < -0.4 is 5.73 Å². The molecule has 3 N–H and O–H groups in total. The minimum absolute atomic E-state index is 0.259. The molecular weight excluding hydrogens is 235 g/mol. The zero-order valence-corrected chi connectivity index (χ0v) is 8.36. The third-order valence-corrected chi connectivity index (χ3v) is 2.62. The summed E-state index contributed by atoms with van der Waals surface area (Å²) in [5.41, 5.74) is 7.29. The van der Waals surface area contributed by atoms with E-state index < -0.39 is 0 Å². The van der Waals surface area contributed by atoms with E-state index in [2.05, 4.69) is 20.9 Å². The predicted octanol–water partition coefficient (Wildman–Crippen LogP) is 2.53. The van der Waals surface area contributed by atoms with Crippen molar-refractivity contribution in [1.82, 2.24) is 4.98 Å². The molecule has 0 saturated heterocycles. The van der Waals surface area contributed by atoms with E-state index in [4.69, 9.17) is 5.73 Å². The molecule has 1 aromatic heterocycles. The summed E-state index contributed by atoms with van der Waals surface area (Å²) < 4.78 is 13.7. The Morgan fingerprint density at radius 1 is 1.46 bits per heavy atom. The summed E-state index contributed by atoms with van der Waals surface area (Å²) in [4.78, 5) is 2.97. The molecule has 2 aromatic rings. The number of nitrogens with two attached hydrogens (primary N) is 1. The molecule has 0 spiro atoms. The number of nitrogens with one attached hydrogen (secondary N) is 1. The van der Waals surface area contributed by atoms with Crippen molar-refractivity contribution >= 4 is 26.8 Å². The van der Waals surface area contributed by atoms with Crippen LogP contribution >= 0.6 is 15.9 Å². The maximum atomic E-state index is 12.9. The maximum absolute atomic E-state index is 12.9. The quantitative estimate of drug-likeness (QED) is 0.793. The number of benzene rings is 1. The highest BCUT2D eigenvalue weighted by atomic mass is 79.9. The van der Waals surface area contributed by atoms with Gasteiger partial charge in [-0.1, -0.05) is 0 Å². The normalized spacial score (nSPS) is 11.0. The van der Waals surface area contributed by atoms with Crippen molar-refractivity contribution in [3.05, 3.63) is 34.2 Å². The molecule has 0 bridgehead atoms. The first-order chi connectivity index (χ1) is 6.22. The molecule has 0 aliphatic rings. The van der Waals surface area contributed by atoms with Crippen LogP contribution in [-0.4, -0.2) is 4.98 Å². The maximum Gasteiger partial charge on any atom is 0.126 e. The Kier molecular flexibility index (Phi) is 2.09. The van der Waals surface area contributed by atoms with Crippen LogP contribution in [0.15, 0.2) is 22.8 Å². The first-order valence-electron chi connectivity index (χ1n) is 3.87. The number of hydrogen-bond acceptors (Lipinski definition) is 1. The zero-order chi connectivity index (χ0) is 9.42. The molecule has 13 heavy (non-hydrogen) atoms. The van der Waals surface area contributed by atoms with Gasteiger partial charge in [-0.05, 0) is 33.6 Å². The average Bonchev–Trinajstić information content (AvgIpc) is 2.47. The number of H-pyrrole nitrogens is 1. The van der Waals surface area contributed by atoms with Gasteiger partial charge in [0.15, 0.2) is 0 Å². The molecule has 2 nitrogen and oxygen atoms in total. The van der Waals surface area contributed by atoms with Crippen LogP contribution in [0.3, 0.4) is 0 Å². The van der Waals surface area contributed by atoms with Crippen molar-refractivity contribution in [3.63, 3.8) is 0 Å². The number of hydrogen-bond donors (Lipinski definition) is 2. The standard InChI is InChI=1S/C9H8BrFN2/c10-7-1-6(11)2-8-9(7)5(3-12)4-13-8/h1-2,4,13H,3,12H2. The zero-order valence-electron chi connectivity index (χ0n) is 6.77. The molecule has 0 atom stereocenters. The number of aromatic nitrogens is 1. The Morgan fingerprint density at radius 3 is 2.92 bits per heavy atom. The number of halogens is 2. The van der Waals surface area contributed by atoms with Crippen LogP contribution in [0.4, 0.5) is 4.39 Å². The lowest BCUT2D eigenvalue weighted by Gasteiger charge is -1.97. The van der Waals surface area contributed by atoms with Crippen LogP contribution in [0.25, 0.3) is 10.9 Å². The fourth-order valence-electron chi connectivity index (χ4n) is 1.41. The highest BCUT2D eigenvalue weighted by molar-refractivity contribution is 9.10. The second-order valence-electron chi connectivity index (χ2n) is 2.83. The van der Waals surface area contributed by atoms with E-state index in [0.717, 1.165) is 20.9 Å². The van der Waals surface area contributed by atoms with Gasteiger partial charge in [-0.25, -0.2) is 4.39 Å². The molecule has 0 fully saturated rings. The van der Waals surface area contributed by atoms with E-state index in [1.165, 1.54) is 12.1 Å². The van der Waals surface area contributed by atoms with Gasteiger partial charge >= 0.3 is 0 Å². The minimum Gasteiger partial charge on any atom is -0.361 e. The van der Waals surface area contributed by atoms with Gasteiger partial charge in [0.2, 0.25) is 0 Å². The van der Waals surface area contributed by atoms with Crippen molar-refractivity contribution in [2.75, 3.05) is 0 Å². The van der Waals surface area contributed by atoms with Gasteiger partial charge in [0.05, 0.1) is 0 Å². The van der Waals surface area contributed by atoms with E-state index in [0.29, 0.717) is 6.54 Å². The number of aromatic amines is 1. The predicted molar refractivity (Wildman–Crippen MR) is 53.8 cm³/mol. The van der Waals surface area contributed by atoms with E-state index >= 15 is 0 Å². The van der Waals surface area contributed by atoms with Crippen molar-refractivity contribution in [2.45, 2.75) is 6.54 Å². The van der Waals surface area contributed by atoms with Crippen LogP contribution in [0.1, 0.15) is 5.56 Å². The van der Waals surface area contributed by atoms with Crippen molar-refractivity contribution in [2.24, 2.45) is 5.73 Å². The summed E-state index contributed by atoms with van der Waals surface area (Å²) in [5, 5.41) is 0.962. The van der Waals surface area contributed by atoms with Crippen molar-refractivity contribution < 1.29 is 4.39 Å². The molecule has 0 aliphatic heterocycles. The van der Waals surface area contributed by atoms with E-state index in [9.17, 15) is 4.39 Å². The molecule has 68 valence electrons. The molecule has 0 amide bonds. The molecular formula is C9H8BrFN2. The fourth-order valence-corrected chi connectivity index (χ4v) is 2.10. The monoisotopic (exact) mass is 242 g/mol. The fraction of sp³-hybridized carbons (Fsp3) is 0.111. The van der Waals surface area contributed by atoms with Gasteiger partial charge in [0.25, 0.3) is 0 Å². The van der Waals surface area contributed by atoms with Gasteiger partial charge in [0.1, 0.15) is 5.82 Å². The molecule has 0 radical (unpaired) electrons. The lowest BCUT2D eigenvalue weighted by atomic mass is 10.2. The Hall–Kier alpha value is -0.870. The SMILES string of the molecule is NCc1c[nH]c2cc(F)cc(Br)c12. The highest BCUT2D eigenvalue weighted by Crippen LogP contribution is 2.27. The molecule has 1 heterocycles. The first kappa shape index (κ1) is 8.72. The van der Waals surface area contributed by atoms with E-state index in [1.54, 1.807) is 6.20 Å². The Labute approximate surface area is 83.1 Å². The Morgan fingerprint density at radius 2 is 2.23 bits per heavy atom. The van der Waals surface area contributed by atoms with E-state index in [1.807, 2.05) is 0 Å². The van der Waals surface area contributed by atoms with Crippen molar-refractivity contribution in [3.8, 4) is 0 Å². The number of fused-ring (bicyclic) bond motifs is 1. The van der Waals surface area contributed by atoms with Crippen LogP contribution in [-0.2, 0) is 6.54 Å². The van der Waals surface area contributed by atoms with Gasteiger partial charge in [-0.2, -0.15) is 0 Å². The third kappa shape index (κ3) is 1.36. The van der Waals surface area contributed by atoms with Crippen LogP contribution in [0, 0.1) is 5.82 Å². The summed E-state index contributed by atoms with van der Waals surface area (Å²) in [6.45, 7) is 0.449. The van der Waals surface area contributed by atoms with Gasteiger partial charge in [-0.15, -0.1) is 0 Å². The Balaban J connectivity index is 2.82. The second-order valence-corrected chi connectivity index (χ2v) is 3.68. The molecule has 1 aromatic carbocycles. The van der Waals surface area contributed by atoms with Crippen LogP contribution in [0.5, 0.6) is 0 Å².